The maximum Gasteiger partial charge on any atom is 0.368 e. The number of aryl methyl sites for hydroxylation is 4. The zero-order valence-corrected chi connectivity index (χ0v) is 16.7. The fraction of sp³-hybridized carbons (Fsp3) is 0.250. The Bertz CT molecular complexity index is 1240. The first-order valence-electron chi connectivity index (χ1n) is 9.15. The van der Waals surface area contributed by atoms with Crippen LogP contribution in [0.25, 0.3) is 11.5 Å². The Labute approximate surface area is 167 Å². The van der Waals surface area contributed by atoms with Crippen LogP contribution in [0.15, 0.2) is 47.3 Å². The van der Waals surface area contributed by atoms with E-state index in [0.29, 0.717) is 17.4 Å². The molecule has 0 amide bonds. The third kappa shape index (κ3) is 3.54. The van der Waals surface area contributed by atoms with Crippen LogP contribution in [0.2, 0.25) is 0 Å². The van der Waals surface area contributed by atoms with Crippen molar-refractivity contribution in [1.29, 1.82) is 0 Å². The van der Waals surface area contributed by atoms with Crippen LogP contribution in [0.1, 0.15) is 22.5 Å². The molecule has 4 rings (SSSR count). The van der Waals surface area contributed by atoms with Gasteiger partial charge in [-0.05, 0) is 55.0 Å². The molecular weight excluding hydrogens is 370 g/mol. The zero-order valence-electron chi connectivity index (χ0n) is 16.7. The van der Waals surface area contributed by atoms with Crippen LogP contribution in [0.3, 0.4) is 0 Å². The molecule has 9 heteroatoms. The lowest BCUT2D eigenvalue weighted by Crippen LogP contribution is -2.23. The fourth-order valence-corrected chi connectivity index (χ4v) is 3.15. The molecule has 9 nitrogen and oxygen atoms in total. The molecule has 0 saturated heterocycles. The van der Waals surface area contributed by atoms with Crippen molar-refractivity contribution in [3.63, 3.8) is 0 Å². The highest BCUT2D eigenvalue weighted by molar-refractivity contribution is 5.44. The standard InChI is InChI=1S/C20H21N7O2/c1-13-7-5-8-17(27-20(28)25(4)23-24-27)16(13)12-29-19-10-6-9-18(21-19)26-15(3)11-14(2)22-26/h5-11H,12H2,1-4H3. The van der Waals surface area contributed by atoms with Gasteiger partial charge in [-0.15, -0.1) is 0 Å². The van der Waals surface area contributed by atoms with Crippen molar-refractivity contribution in [2.45, 2.75) is 27.4 Å². The number of tetrazole rings is 1. The van der Waals surface area contributed by atoms with Gasteiger partial charge >= 0.3 is 5.69 Å². The van der Waals surface area contributed by atoms with Gasteiger partial charge in [-0.25, -0.2) is 9.48 Å². The molecule has 0 fully saturated rings. The van der Waals surface area contributed by atoms with Gasteiger partial charge in [0.15, 0.2) is 5.82 Å². The Hall–Kier alpha value is -3.75. The van der Waals surface area contributed by atoms with E-state index in [4.69, 9.17) is 4.74 Å². The monoisotopic (exact) mass is 391 g/mol. The van der Waals surface area contributed by atoms with E-state index in [2.05, 4.69) is 20.5 Å². The number of rotatable bonds is 5. The number of ether oxygens (including phenoxy) is 1. The van der Waals surface area contributed by atoms with Gasteiger partial charge in [-0.3, -0.25) is 0 Å². The van der Waals surface area contributed by atoms with Crippen molar-refractivity contribution < 1.29 is 4.74 Å². The maximum absolute atomic E-state index is 12.3. The van der Waals surface area contributed by atoms with E-state index in [1.54, 1.807) is 17.8 Å². The molecule has 0 unspecified atom stereocenters. The predicted octanol–water partition coefficient (Wildman–Crippen LogP) is 2.05. The summed E-state index contributed by atoms with van der Waals surface area (Å²) < 4.78 is 10.2. The first-order chi connectivity index (χ1) is 13.9. The van der Waals surface area contributed by atoms with Crippen LogP contribution in [-0.2, 0) is 13.7 Å². The minimum absolute atomic E-state index is 0.235. The van der Waals surface area contributed by atoms with Crippen molar-refractivity contribution in [3.8, 4) is 17.4 Å². The summed E-state index contributed by atoms with van der Waals surface area (Å²) in [6.07, 6.45) is 0. The Balaban J connectivity index is 1.64. The molecule has 0 aliphatic carbocycles. The lowest BCUT2D eigenvalue weighted by atomic mass is 10.1. The van der Waals surface area contributed by atoms with Crippen LogP contribution < -0.4 is 10.4 Å². The van der Waals surface area contributed by atoms with Gasteiger partial charge < -0.3 is 4.74 Å². The number of pyridine rings is 1. The van der Waals surface area contributed by atoms with Crippen LogP contribution >= 0.6 is 0 Å². The second kappa shape index (κ2) is 7.34. The van der Waals surface area contributed by atoms with Gasteiger partial charge in [-0.2, -0.15) is 19.4 Å². The third-order valence-electron chi connectivity index (χ3n) is 4.64. The molecule has 3 aromatic heterocycles. The molecule has 0 spiro atoms. The molecule has 148 valence electrons. The van der Waals surface area contributed by atoms with Crippen LogP contribution in [0.4, 0.5) is 0 Å². The van der Waals surface area contributed by atoms with Gasteiger partial charge in [0.2, 0.25) is 5.88 Å². The SMILES string of the molecule is Cc1cc(C)n(-c2cccc(OCc3c(C)cccc3-n3nnn(C)c3=O)n2)n1. The predicted molar refractivity (Wildman–Crippen MR) is 107 cm³/mol. The molecule has 0 aliphatic rings. The van der Waals surface area contributed by atoms with Crippen molar-refractivity contribution in [2.75, 3.05) is 0 Å². The lowest BCUT2D eigenvalue weighted by Gasteiger charge is -2.13. The molecule has 3 heterocycles. The Morgan fingerprint density at radius 3 is 2.48 bits per heavy atom. The molecular formula is C20H21N7O2. The van der Waals surface area contributed by atoms with E-state index in [-0.39, 0.29) is 12.3 Å². The molecule has 4 aromatic rings. The van der Waals surface area contributed by atoms with Crippen molar-refractivity contribution in [1.82, 2.24) is 34.6 Å². The topological polar surface area (TPSA) is 92.7 Å². The Morgan fingerprint density at radius 1 is 1.00 bits per heavy atom. The van der Waals surface area contributed by atoms with Gasteiger partial charge in [0.1, 0.15) is 6.61 Å². The highest BCUT2D eigenvalue weighted by Gasteiger charge is 2.14. The van der Waals surface area contributed by atoms with E-state index in [1.165, 1.54) is 9.36 Å². The molecule has 0 aliphatic heterocycles. The lowest BCUT2D eigenvalue weighted by molar-refractivity contribution is 0.292. The molecule has 0 bridgehead atoms. The molecule has 29 heavy (non-hydrogen) atoms. The fourth-order valence-electron chi connectivity index (χ4n) is 3.15. The summed E-state index contributed by atoms with van der Waals surface area (Å²) in [5, 5.41) is 12.2. The second-order valence-electron chi connectivity index (χ2n) is 6.83. The van der Waals surface area contributed by atoms with E-state index >= 15 is 0 Å². The molecule has 0 saturated carbocycles. The first-order valence-corrected chi connectivity index (χ1v) is 9.15. The minimum atomic E-state index is -0.318. The smallest absolute Gasteiger partial charge is 0.368 e. The summed E-state index contributed by atoms with van der Waals surface area (Å²) >= 11 is 0. The second-order valence-corrected chi connectivity index (χ2v) is 6.83. The number of benzene rings is 1. The molecule has 0 N–H and O–H groups in total. The minimum Gasteiger partial charge on any atom is -0.473 e. The van der Waals surface area contributed by atoms with Gasteiger partial charge in [-0.1, -0.05) is 18.2 Å². The average molecular weight is 391 g/mol. The summed E-state index contributed by atoms with van der Waals surface area (Å²) in [4.78, 5) is 16.8. The van der Waals surface area contributed by atoms with Crippen molar-refractivity contribution in [3.05, 3.63) is 75.5 Å². The van der Waals surface area contributed by atoms with Crippen LogP contribution in [0.5, 0.6) is 5.88 Å². The average Bonchev–Trinajstić information content (AvgIpc) is 3.22. The van der Waals surface area contributed by atoms with E-state index in [1.807, 2.05) is 57.2 Å². The highest BCUT2D eigenvalue weighted by Crippen LogP contribution is 2.20. The molecule has 0 atom stereocenters. The summed E-state index contributed by atoms with van der Waals surface area (Å²) in [7, 11) is 1.56. The van der Waals surface area contributed by atoms with Crippen LogP contribution in [-0.4, -0.2) is 34.6 Å². The molecule has 1 aromatic carbocycles. The van der Waals surface area contributed by atoms with Gasteiger partial charge in [0.25, 0.3) is 0 Å². The summed E-state index contributed by atoms with van der Waals surface area (Å²) in [6, 6.07) is 13.2. The Morgan fingerprint density at radius 2 is 1.79 bits per heavy atom. The zero-order chi connectivity index (χ0) is 20.5. The summed E-state index contributed by atoms with van der Waals surface area (Å²) in [6.45, 7) is 6.12. The number of nitrogens with zero attached hydrogens (tertiary/aromatic N) is 7. The van der Waals surface area contributed by atoms with E-state index in [0.717, 1.165) is 22.5 Å². The number of aromatic nitrogens is 7. The number of hydrogen-bond acceptors (Lipinski definition) is 6. The third-order valence-corrected chi connectivity index (χ3v) is 4.64. The summed E-state index contributed by atoms with van der Waals surface area (Å²) in [5.74, 6) is 1.15. The molecule has 0 radical (unpaired) electrons. The quantitative estimate of drug-likeness (QED) is 0.517. The summed E-state index contributed by atoms with van der Waals surface area (Å²) in [5.41, 5.74) is 4.06. The van der Waals surface area contributed by atoms with Crippen LogP contribution in [0, 0.1) is 20.8 Å². The Kier molecular flexibility index (Phi) is 4.71. The highest BCUT2D eigenvalue weighted by atomic mass is 16.5. The van der Waals surface area contributed by atoms with E-state index in [9.17, 15) is 4.79 Å². The van der Waals surface area contributed by atoms with E-state index < -0.39 is 0 Å². The maximum atomic E-state index is 12.3. The first kappa shape index (κ1) is 18.6. The van der Waals surface area contributed by atoms with Crippen molar-refractivity contribution >= 4 is 0 Å². The number of hydrogen-bond donors (Lipinski definition) is 0. The van der Waals surface area contributed by atoms with Gasteiger partial charge in [0, 0.05) is 24.4 Å². The largest absolute Gasteiger partial charge is 0.473 e. The van der Waals surface area contributed by atoms with Gasteiger partial charge in [0.05, 0.1) is 11.4 Å². The van der Waals surface area contributed by atoms with Crippen molar-refractivity contribution in [2.24, 2.45) is 7.05 Å². The normalized spacial score (nSPS) is 11.0.